The Hall–Kier alpha value is -4.82. The number of para-hydroxylation sites is 1. The maximum Gasteiger partial charge on any atom is 0.271 e. The average Bonchev–Trinajstić information content (AvgIpc) is 2.98. The van der Waals surface area contributed by atoms with Crippen LogP contribution in [0.15, 0.2) is 96.1 Å². The molecule has 0 aliphatic carbocycles. The molecule has 0 saturated carbocycles. The van der Waals surface area contributed by atoms with Crippen molar-refractivity contribution in [2.45, 2.75) is 13.5 Å². The number of aryl methyl sites for hydroxylation is 1. The first-order valence-electron chi connectivity index (χ1n) is 12.4. The molecule has 0 aromatic heterocycles. The van der Waals surface area contributed by atoms with Crippen LogP contribution >= 0.6 is 11.6 Å². The maximum atomic E-state index is 12.7. The minimum absolute atomic E-state index is 0.221. The largest absolute Gasteiger partial charge is 0.493 e. The molecule has 4 aromatic carbocycles. The minimum Gasteiger partial charge on any atom is -0.493 e. The van der Waals surface area contributed by atoms with E-state index in [2.05, 4.69) is 15.8 Å². The Balaban J connectivity index is 1.33. The third-order valence-electron chi connectivity index (χ3n) is 5.77. The molecule has 0 spiro atoms. The molecule has 2 N–H and O–H groups in total. The summed E-state index contributed by atoms with van der Waals surface area (Å²) < 4.78 is 16.9. The molecule has 0 bridgehead atoms. The average molecular weight is 558 g/mol. The van der Waals surface area contributed by atoms with Crippen LogP contribution in [0, 0.1) is 6.92 Å². The van der Waals surface area contributed by atoms with Gasteiger partial charge in [-0.1, -0.05) is 60.1 Å². The quantitative estimate of drug-likeness (QED) is 0.174. The second-order valence-electron chi connectivity index (χ2n) is 8.68. The zero-order valence-electron chi connectivity index (χ0n) is 22.0. The van der Waals surface area contributed by atoms with Crippen molar-refractivity contribution in [3.05, 3.63) is 118 Å². The number of nitrogens with one attached hydrogen (secondary N) is 2. The van der Waals surface area contributed by atoms with E-state index < -0.39 is 5.91 Å². The van der Waals surface area contributed by atoms with Gasteiger partial charge in [-0.25, -0.2) is 5.43 Å². The van der Waals surface area contributed by atoms with Crippen molar-refractivity contribution in [2.75, 3.05) is 19.0 Å². The number of carbonyl (C=O) groups is 2. The van der Waals surface area contributed by atoms with Gasteiger partial charge in [0.25, 0.3) is 11.8 Å². The van der Waals surface area contributed by atoms with E-state index in [9.17, 15) is 9.59 Å². The van der Waals surface area contributed by atoms with Crippen molar-refractivity contribution in [3.63, 3.8) is 0 Å². The smallest absolute Gasteiger partial charge is 0.271 e. The van der Waals surface area contributed by atoms with E-state index in [1.54, 1.807) is 54.6 Å². The van der Waals surface area contributed by atoms with Crippen LogP contribution in [0.3, 0.4) is 0 Å². The lowest BCUT2D eigenvalue weighted by atomic mass is 10.2. The standard InChI is InChI=1S/C31H28ClN3O5/c1-21-12-14-25(17-26(21)32)34-30(36)20-40-27-11-7-6-10-24(27)18-33-35-31(37)23-13-15-28(29(16-23)38-2)39-19-22-8-4-3-5-9-22/h3-18H,19-20H2,1-2H3,(H,34,36)(H,35,37)/b33-18+. The number of anilines is 1. The summed E-state index contributed by atoms with van der Waals surface area (Å²) in [5.74, 6) is 0.604. The van der Waals surface area contributed by atoms with Gasteiger partial charge in [-0.05, 0) is 60.5 Å². The molecule has 0 atom stereocenters. The van der Waals surface area contributed by atoms with Gasteiger partial charge in [0.2, 0.25) is 0 Å². The minimum atomic E-state index is -0.432. The second kappa shape index (κ2) is 13.8. The number of amides is 2. The highest BCUT2D eigenvalue weighted by Crippen LogP contribution is 2.29. The van der Waals surface area contributed by atoms with Gasteiger partial charge < -0.3 is 19.5 Å². The molecular weight excluding hydrogens is 530 g/mol. The monoisotopic (exact) mass is 557 g/mol. The Kier molecular flexibility index (Phi) is 9.74. The van der Waals surface area contributed by atoms with Crippen LogP contribution in [-0.4, -0.2) is 31.7 Å². The molecule has 40 heavy (non-hydrogen) atoms. The number of rotatable bonds is 11. The van der Waals surface area contributed by atoms with Gasteiger partial charge in [0.15, 0.2) is 18.1 Å². The maximum absolute atomic E-state index is 12.7. The van der Waals surface area contributed by atoms with Crippen molar-refractivity contribution in [1.29, 1.82) is 0 Å². The number of hydrazone groups is 1. The molecule has 2 amide bonds. The van der Waals surface area contributed by atoms with Crippen molar-refractivity contribution < 1.29 is 23.8 Å². The van der Waals surface area contributed by atoms with Crippen LogP contribution in [0.1, 0.15) is 27.0 Å². The van der Waals surface area contributed by atoms with E-state index in [1.807, 2.05) is 43.3 Å². The number of benzene rings is 4. The van der Waals surface area contributed by atoms with Crippen LogP contribution in [-0.2, 0) is 11.4 Å². The van der Waals surface area contributed by atoms with Crippen LogP contribution in [0.5, 0.6) is 17.2 Å². The lowest BCUT2D eigenvalue weighted by Crippen LogP contribution is -2.20. The van der Waals surface area contributed by atoms with E-state index in [4.69, 9.17) is 25.8 Å². The summed E-state index contributed by atoms with van der Waals surface area (Å²) in [5, 5.41) is 7.36. The molecule has 9 heteroatoms. The third kappa shape index (κ3) is 7.85. The Labute approximate surface area is 237 Å². The fraction of sp³-hybridized carbons (Fsp3) is 0.129. The SMILES string of the molecule is COc1cc(C(=O)N/N=C/c2ccccc2OCC(=O)Nc2ccc(C)c(Cl)c2)ccc1OCc1ccccc1. The lowest BCUT2D eigenvalue weighted by Gasteiger charge is -2.12. The molecular formula is C31H28ClN3O5. The molecule has 4 aromatic rings. The predicted octanol–water partition coefficient (Wildman–Crippen LogP) is 6.02. The predicted molar refractivity (Wildman–Crippen MR) is 156 cm³/mol. The lowest BCUT2D eigenvalue weighted by molar-refractivity contribution is -0.118. The molecule has 0 aliphatic rings. The number of halogens is 1. The highest BCUT2D eigenvalue weighted by molar-refractivity contribution is 6.31. The van der Waals surface area contributed by atoms with E-state index in [1.165, 1.54) is 13.3 Å². The number of nitrogens with zero attached hydrogens (tertiary/aromatic N) is 1. The zero-order chi connectivity index (χ0) is 28.3. The normalized spacial score (nSPS) is 10.7. The second-order valence-corrected chi connectivity index (χ2v) is 9.08. The van der Waals surface area contributed by atoms with Crippen LogP contribution < -0.4 is 25.0 Å². The first kappa shape index (κ1) is 28.2. The number of carbonyl (C=O) groups excluding carboxylic acids is 2. The highest BCUT2D eigenvalue weighted by Gasteiger charge is 2.12. The molecule has 8 nitrogen and oxygen atoms in total. The van der Waals surface area contributed by atoms with Crippen LogP contribution in [0.2, 0.25) is 5.02 Å². The molecule has 4 rings (SSSR count). The molecule has 0 saturated heterocycles. The van der Waals surface area contributed by atoms with Crippen molar-refractivity contribution in [1.82, 2.24) is 5.43 Å². The third-order valence-corrected chi connectivity index (χ3v) is 6.17. The fourth-order valence-corrected chi connectivity index (χ4v) is 3.80. The fourth-order valence-electron chi connectivity index (χ4n) is 3.62. The summed E-state index contributed by atoms with van der Waals surface area (Å²) in [7, 11) is 1.51. The number of hydrogen-bond acceptors (Lipinski definition) is 6. The molecule has 0 aliphatic heterocycles. The van der Waals surface area contributed by atoms with Gasteiger partial charge in [-0.15, -0.1) is 0 Å². The van der Waals surface area contributed by atoms with Gasteiger partial charge in [0, 0.05) is 21.8 Å². The molecule has 204 valence electrons. The summed E-state index contributed by atoms with van der Waals surface area (Å²) in [6, 6.07) is 26.9. The summed E-state index contributed by atoms with van der Waals surface area (Å²) in [5.41, 5.74) is 5.93. The summed E-state index contributed by atoms with van der Waals surface area (Å²) in [6.07, 6.45) is 1.44. The number of hydrogen-bond donors (Lipinski definition) is 2. The van der Waals surface area contributed by atoms with E-state index in [0.29, 0.717) is 45.7 Å². The molecule has 0 fully saturated rings. The van der Waals surface area contributed by atoms with Crippen molar-refractivity contribution in [3.8, 4) is 17.2 Å². The molecule has 0 unspecified atom stereocenters. The van der Waals surface area contributed by atoms with Gasteiger partial charge in [0.1, 0.15) is 12.4 Å². The summed E-state index contributed by atoms with van der Waals surface area (Å²) in [6.45, 7) is 2.03. The van der Waals surface area contributed by atoms with Crippen molar-refractivity contribution in [2.24, 2.45) is 5.10 Å². The van der Waals surface area contributed by atoms with Gasteiger partial charge in [-0.2, -0.15) is 5.10 Å². The summed E-state index contributed by atoms with van der Waals surface area (Å²) >= 11 is 6.12. The van der Waals surface area contributed by atoms with Gasteiger partial charge in [-0.3, -0.25) is 9.59 Å². The van der Waals surface area contributed by atoms with Gasteiger partial charge in [0.05, 0.1) is 13.3 Å². The molecule has 0 heterocycles. The summed E-state index contributed by atoms with van der Waals surface area (Å²) in [4.78, 5) is 25.1. The first-order valence-corrected chi connectivity index (χ1v) is 12.8. The Morgan fingerprint density at radius 2 is 1.65 bits per heavy atom. The Bertz CT molecular complexity index is 1510. The Morgan fingerprint density at radius 3 is 2.42 bits per heavy atom. The Morgan fingerprint density at radius 1 is 0.875 bits per heavy atom. The van der Waals surface area contributed by atoms with Gasteiger partial charge >= 0.3 is 0 Å². The van der Waals surface area contributed by atoms with Crippen molar-refractivity contribution >= 4 is 35.3 Å². The zero-order valence-corrected chi connectivity index (χ0v) is 22.8. The topological polar surface area (TPSA) is 98.3 Å². The van der Waals surface area contributed by atoms with E-state index >= 15 is 0 Å². The van der Waals surface area contributed by atoms with Crippen LogP contribution in [0.25, 0.3) is 0 Å². The number of methoxy groups -OCH3 is 1. The van der Waals surface area contributed by atoms with Crippen LogP contribution in [0.4, 0.5) is 5.69 Å². The molecule has 0 radical (unpaired) electrons. The highest BCUT2D eigenvalue weighted by atomic mass is 35.5. The van der Waals surface area contributed by atoms with E-state index in [0.717, 1.165) is 11.1 Å². The number of ether oxygens (including phenoxy) is 3. The first-order chi connectivity index (χ1) is 19.4. The van der Waals surface area contributed by atoms with E-state index in [-0.39, 0.29) is 12.5 Å².